The Balaban J connectivity index is 1.01. The highest BCUT2D eigenvalue weighted by Crippen LogP contribution is 2.66. The molecule has 0 unspecified atom stereocenters. The number of para-hydroxylation sites is 2. The van der Waals surface area contributed by atoms with Crippen molar-refractivity contribution in [2.75, 3.05) is 4.90 Å². The summed E-state index contributed by atoms with van der Waals surface area (Å²) >= 11 is 0. The van der Waals surface area contributed by atoms with Crippen LogP contribution in [0.5, 0.6) is 0 Å². The summed E-state index contributed by atoms with van der Waals surface area (Å²) in [6.07, 6.45) is 0. The van der Waals surface area contributed by atoms with Crippen LogP contribution in [0.3, 0.4) is 0 Å². The van der Waals surface area contributed by atoms with Crippen molar-refractivity contribution in [3.8, 4) is 55.6 Å². The molecule has 354 valence electrons. The van der Waals surface area contributed by atoms with Crippen LogP contribution in [-0.2, 0) is 10.8 Å². The van der Waals surface area contributed by atoms with Gasteiger partial charge in [-0.1, -0.05) is 255 Å². The summed E-state index contributed by atoms with van der Waals surface area (Å²) in [5.74, 6) is 0. The lowest BCUT2D eigenvalue weighted by molar-refractivity contribution is 0.669. The zero-order valence-electron chi connectivity index (χ0n) is 41.5. The smallest absolute Gasteiger partial charge is 0.159 e. The van der Waals surface area contributed by atoms with Crippen LogP contribution in [-0.4, -0.2) is 0 Å². The number of benzene rings is 12. The number of nitrogens with zero attached hydrogens (tertiary/aromatic N) is 1. The molecule has 3 aliphatic rings. The monoisotopic (exact) mass is 965 g/mol. The maximum Gasteiger partial charge on any atom is 0.159 e. The van der Waals surface area contributed by atoms with Crippen LogP contribution in [0, 0.1) is 0 Å². The SMILES string of the molecule is c1ccc(-c2ccccc2C2(c3ccccc3-c3ccccc3)c3ccccc3-c3cc(N(c4cccc5c4-c4ccccc4C54c5ccccc5-c5ccccc54)c4cccc5c4oc4ccccc45)ccc32)cc1. The van der Waals surface area contributed by atoms with Gasteiger partial charge >= 0.3 is 0 Å². The summed E-state index contributed by atoms with van der Waals surface area (Å²) in [7, 11) is 0. The molecule has 0 fully saturated rings. The molecular formula is C74H47NO. The highest BCUT2D eigenvalue weighted by Gasteiger charge is 2.53. The molecule has 1 spiro atoms. The van der Waals surface area contributed by atoms with Crippen molar-refractivity contribution in [1.82, 2.24) is 0 Å². The molecule has 13 aromatic rings. The van der Waals surface area contributed by atoms with Crippen LogP contribution in [0.1, 0.15) is 44.5 Å². The Kier molecular flexibility index (Phi) is 9.20. The van der Waals surface area contributed by atoms with Gasteiger partial charge in [0, 0.05) is 22.0 Å². The first-order chi connectivity index (χ1) is 37.7. The Morgan fingerprint density at radius 2 is 0.658 bits per heavy atom. The van der Waals surface area contributed by atoms with E-state index < -0.39 is 10.8 Å². The number of hydrogen-bond acceptors (Lipinski definition) is 2. The summed E-state index contributed by atoms with van der Waals surface area (Å²) in [6.45, 7) is 0. The molecule has 0 N–H and O–H groups in total. The van der Waals surface area contributed by atoms with Gasteiger partial charge in [0.15, 0.2) is 5.58 Å². The summed E-state index contributed by atoms with van der Waals surface area (Å²) in [6, 6.07) is 106. The average Bonchev–Trinajstić information content (AvgIpc) is 4.38. The fourth-order valence-electron chi connectivity index (χ4n) is 14.1. The van der Waals surface area contributed by atoms with E-state index in [4.69, 9.17) is 4.42 Å². The van der Waals surface area contributed by atoms with Crippen molar-refractivity contribution in [2.24, 2.45) is 0 Å². The molecule has 3 aliphatic carbocycles. The van der Waals surface area contributed by atoms with Crippen LogP contribution in [0.25, 0.3) is 77.6 Å². The fourth-order valence-corrected chi connectivity index (χ4v) is 14.1. The highest BCUT2D eigenvalue weighted by atomic mass is 16.3. The number of anilines is 3. The van der Waals surface area contributed by atoms with E-state index in [0.717, 1.165) is 39.0 Å². The van der Waals surface area contributed by atoms with Gasteiger partial charge in [0.2, 0.25) is 0 Å². The molecule has 0 atom stereocenters. The van der Waals surface area contributed by atoms with Gasteiger partial charge in [-0.3, -0.25) is 0 Å². The number of fused-ring (bicyclic) bond motifs is 16. The third kappa shape index (κ3) is 5.70. The molecule has 0 radical (unpaired) electrons. The van der Waals surface area contributed by atoms with Crippen molar-refractivity contribution in [3.63, 3.8) is 0 Å². The van der Waals surface area contributed by atoms with Crippen molar-refractivity contribution >= 4 is 39.0 Å². The Morgan fingerprint density at radius 1 is 0.263 bits per heavy atom. The molecule has 0 saturated carbocycles. The first-order valence-electron chi connectivity index (χ1n) is 26.4. The lowest BCUT2D eigenvalue weighted by Crippen LogP contribution is -2.30. The summed E-state index contributed by atoms with van der Waals surface area (Å²) < 4.78 is 7.05. The van der Waals surface area contributed by atoms with Gasteiger partial charge in [-0.05, 0) is 125 Å². The summed E-state index contributed by atoms with van der Waals surface area (Å²) in [5.41, 5.74) is 26.1. The predicted octanol–water partition coefficient (Wildman–Crippen LogP) is 19.1. The minimum atomic E-state index is -0.713. The number of hydrogen-bond donors (Lipinski definition) is 0. The molecule has 0 saturated heterocycles. The molecule has 16 rings (SSSR count). The fraction of sp³-hybridized carbons (Fsp3) is 0.0270. The maximum atomic E-state index is 7.05. The summed E-state index contributed by atoms with van der Waals surface area (Å²) in [4.78, 5) is 2.50. The zero-order chi connectivity index (χ0) is 50.0. The Hall–Kier alpha value is -9.76. The lowest BCUT2D eigenvalue weighted by atomic mass is 9.64. The Morgan fingerprint density at radius 3 is 1.25 bits per heavy atom. The van der Waals surface area contributed by atoms with Gasteiger partial charge < -0.3 is 9.32 Å². The van der Waals surface area contributed by atoms with Crippen LogP contribution in [0.15, 0.2) is 290 Å². The average molecular weight is 966 g/mol. The Bertz CT molecular complexity index is 4360. The van der Waals surface area contributed by atoms with E-state index >= 15 is 0 Å². The standard InChI is InChI=1S/C74H47NO/c1-3-23-48(24-4-1)51-27-7-14-35-60(51)73(61-36-15-8-28-52(61)49-25-5-2-6-26-49)64-39-18-11-31-55(64)59-47-50(45-46-66(59)73)75(69-43-21-34-57-56-32-13-20-44-70(56)76-72(57)69)68-42-22-41-67-71(68)58-33-12-19-40-65(58)74(67)62-37-16-9-29-53(62)54-30-10-17-38-63(54)74/h1-47H. The molecule has 0 aliphatic heterocycles. The van der Waals surface area contributed by atoms with Gasteiger partial charge in [0.05, 0.1) is 22.2 Å². The summed E-state index contributed by atoms with van der Waals surface area (Å²) in [5, 5.41) is 2.18. The molecule has 1 heterocycles. The molecule has 2 nitrogen and oxygen atoms in total. The van der Waals surface area contributed by atoms with Gasteiger partial charge in [-0.2, -0.15) is 0 Å². The molecule has 0 amide bonds. The van der Waals surface area contributed by atoms with E-state index in [9.17, 15) is 0 Å². The molecule has 1 aromatic heterocycles. The predicted molar refractivity (Wildman–Crippen MR) is 313 cm³/mol. The Labute approximate surface area is 442 Å². The third-order valence-corrected chi connectivity index (χ3v) is 17.0. The maximum absolute atomic E-state index is 7.05. The molecule has 2 heteroatoms. The first-order valence-corrected chi connectivity index (χ1v) is 26.4. The normalized spacial score (nSPS) is 13.7. The topological polar surface area (TPSA) is 16.4 Å². The second-order valence-corrected chi connectivity index (χ2v) is 20.5. The van der Waals surface area contributed by atoms with Crippen LogP contribution < -0.4 is 4.90 Å². The van der Waals surface area contributed by atoms with E-state index in [1.807, 2.05) is 0 Å². The quantitative estimate of drug-likeness (QED) is 0.158. The molecule has 76 heavy (non-hydrogen) atoms. The van der Waals surface area contributed by atoms with Crippen LogP contribution in [0.4, 0.5) is 17.1 Å². The van der Waals surface area contributed by atoms with Gasteiger partial charge in [0.25, 0.3) is 0 Å². The van der Waals surface area contributed by atoms with E-state index in [-0.39, 0.29) is 0 Å². The van der Waals surface area contributed by atoms with E-state index in [2.05, 4.69) is 290 Å². The largest absolute Gasteiger partial charge is 0.454 e. The minimum absolute atomic E-state index is 0.513. The second kappa shape index (κ2) is 16.4. The number of furan rings is 1. The van der Waals surface area contributed by atoms with Crippen molar-refractivity contribution in [2.45, 2.75) is 10.8 Å². The molecule has 12 aromatic carbocycles. The molecular weight excluding hydrogens is 919 g/mol. The molecule has 0 bridgehead atoms. The van der Waals surface area contributed by atoms with Crippen molar-refractivity contribution in [1.29, 1.82) is 0 Å². The highest BCUT2D eigenvalue weighted by molar-refractivity contribution is 6.12. The zero-order valence-corrected chi connectivity index (χ0v) is 41.5. The lowest BCUT2D eigenvalue weighted by Gasteiger charge is -2.37. The van der Waals surface area contributed by atoms with Crippen LogP contribution >= 0.6 is 0 Å². The number of rotatable bonds is 7. The van der Waals surface area contributed by atoms with Crippen molar-refractivity contribution in [3.05, 3.63) is 330 Å². The van der Waals surface area contributed by atoms with Gasteiger partial charge in [-0.25, -0.2) is 0 Å². The second-order valence-electron chi connectivity index (χ2n) is 20.5. The van der Waals surface area contributed by atoms with E-state index in [1.165, 1.54) is 100 Å². The van der Waals surface area contributed by atoms with E-state index in [1.54, 1.807) is 0 Å². The van der Waals surface area contributed by atoms with Gasteiger partial charge in [-0.15, -0.1) is 0 Å². The van der Waals surface area contributed by atoms with Crippen molar-refractivity contribution < 1.29 is 4.42 Å². The van der Waals surface area contributed by atoms with Crippen LogP contribution in [0.2, 0.25) is 0 Å². The minimum Gasteiger partial charge on any atom is -0.454 e. The van der Waals surface area contributed by atoms with Gasteiger partial charge in [0.1, 0.15) is 5.58 Å². The van der Waals surface area contributed by atoms with E-state index in [0.29, 0.717) is 0 Å². The third-order valence-electron chi connectivity index (χ3n) is 17.0. The first kappa shape index (κ1) is 42.7.